The molecular formula is C10H22N2. The van der Waals surface area contributed by atoms with E-state index in [1.54, 1.807) is 0 Å². The molecule has 1 N–H and O–H groups in total. The Kier molecular flexibility index (Phi) is 4.62. The minimum Gasteiger partial charge on any atom is -0.315 e. The van der Waals surface area contributed by atoms with E-state index < -0.39 is 0 Å². The van der Waals surface area contributed by atoms with Gasteiger partial charge >= 0.3 is 0 Å². The van der Waals surface area contributed by atoms with E-state index in [2.05, 4.69) is 24.1 Å². The quantitative estimate of drug-likeness (QED) is 0.690. The third-order valence-corrected chi connectivity index (χ3v) is 2.72. The second-order valence-corrected chi connectivity index (χ2v) is 3.63. The largest absolute Gasteiger partial charge is 0.315 e. The molecule has 1 fully saturated rings. The zero-order chi connectivity index (χ0) is 8.81. The lowest BCUT2D eigenvalue weighted by atomic mass is 10.1. The molecule has 1 rings (SSSR count). The summed E-state index contributed by atoms with van der Waals surface area (Å²) in [6.07, 6.45) is 3.97. The second-order valence-electron chi connectivity index (χ2n) is 3.63. The van der Waals surface area contributed by atoms with Gasteiger partial charge in [-0.25, -0.2) is 0 Å². The van der Waals surface area contributed by atoms with Crippen molar-refractivity contribution in [2.45, 2.75) is 39.2 Å². The lowest BCUT2D eigenvalue weighted by Gasteiger charge is -2.27. The molecule has 2 heteroatoms. The molecule has 12 heavy (non-hydrogen) atoms. The number of likely N-dealkylation sites (N-methyl/N-ethyl adjacent to an activating group) is 1. The van der Waals surface area contributed by atoms with Crippen LogP contribution in [0.2, 0.25) is 0 Å². The minimum absolute atomic E-state index is 0.794. The van der Waals surface area contributed by atoms with E-state index in [1.807, 2.05) is 0 Å². The summed E-state index contributed by atoms with van der Waals surface area (Å²) in [7, 11) is 0. The Morgan fingerprint density at radius 2 is 2.25 bits per heavy atom. The summed E-state index contributed by atoms with van der Waals surface area (Å²) in [6, 6.07) is 0.794. The molecule has 0 saturated carbocycles. The molecule has 1 aliphatic rings. The van der Waals surface area contributed by atoms with Crippen LogP contribution < -0.4 is 5.32 Å². The topological polar surface area (TPSA) is 15.3 Å². The number of rotatable bonds is 3. The van der Waals surface area contributed by atoms with Crippen molar-refractivity contribution >= 4 is 0 Å². The van der Waals surface area contributed by atoms with Crippen LogP contribution in [0.3, 0.4) is 0 Å². The highest BCUT2D eigenvalue weighted by atomic mass is 15.2. The molecule has 1 unspecified atom stereocenters. The maximum atomic E-state index is 3.50. The normalized spacial score (nSPS) is 27.0. The summed E-state index contributed by atoms with van der Waals surface area (Å²) in [5.74, 6) is 0. The van der Waals surface area contributed by atoms with Gasteiger partial charge in [0.2, 0.25) is 0 Å². The second kappa shape index (κ2) is 5.55. The summed E-state index contributed by atoms with van der Waals surface area (Å²) >= 11 is 0. The molecule has 0 amide bonds. The van der Waals surface area contributed by atoms with Crippen LogP contribution in [-0.4, -0.2) is 37.1 Å². The van der Waals surface area contributed by atoms with Crippen LogP contribution in [0.1, 0.15) is 33.1 Å². The fourth-order valence-corrected chi connectivity index (χ4v) is 2.02. The van der Waals surface area contributed by atoms with Crippen LogP contribution in [-0.2, 0) is 0 Å². The van der Waals surface area contributed by atoms with Gasteiger partial charge < -0.3 is 5.32 Å². The Bertz CT molecular complexity index is 114. The zero-order valence-electron chi connectivity index (χ0n) is 8.47. The fraction of sp³-hybridized carbons (Fsp3) is 1.00. The molecule has 0 aliphatic carbocycles. The van der Waals surface area contributed by atoms with Crippen molar-refractivity contribution in [3.05, 3.63) is 0 Å². The van der Waals surface area contributed by atoms with Crippen LogP contribution in [0, 0.1) is 0 Å². The van der Waals surface area contributed by atoms with Crippen LogP contribution >= 0.6 is 0 Å². The van der Waals surface area contributed by atoms with Crippen molar-refractivity contribution < 1.29 is 0 Å². The molecule has 1 saturated heterocycles. The van der Waals surface area contributed by atoms with Crippen molar-refractivity contribution in [3.8, 4) is 0 Å². The third kappa shape index (κ3) is 2.76. The van der Waals surface area contributed by atoms with Gasteiger partial charge in [0.1, 0.15) is 0 Å². The maximum Gasteiger partial charge on any atom is 0.0220 e. The Labute approximate surface area is 76.3 Å². The fourth-order valence-electron chi connectivity index (χ4n) is 2.02. The van der Waals surface area contributed by atoms with Crippen LogP contribution in [0.15, 0.2) is 0 Å². The third-order valence-electron chi connectivity index (χ3n) is 2.72. The van der Waals surface area contributed by atoms with Gasteiger partial charge in [0.15, 0.2) is 0 Å². The predicted molar refractivity (Wildman–Crippen MR) is 53.4 cm³/mol. The molecule has 0 aromatic carbocycles. The molecule has 0 aromatic heterocycles. The Morgan fingerprint density at radius 3 is 2.92 bits per heavy atom. The average molecular weight is 170 g/mol. The van der Waals surface area contributed by atoms with E-state index in [4.69, 9.17) is 0 Å². The average Bonchev–Trinajstić information content (AvgIpc) is 2.30. The number of hydrogen-bond acceptors (Lipinski definition) is 2. The van der Waals surface area contributed by atoms with E-state index in [-0.39, 0.29) is 0 Å². The molecule has 1 aliphatic heterocycles. The monoisotopic (exact) mass is 170 g/mol. The Balaban J connectivity index is 2.39. The number of hydrogen-bond donors (Lipinski definition) is 1. The van der Waals surface area contributed by atoms with Gasteiger partial charge in [-0.2, -0.15) is 0 Å². The standard InChI is InChI=1S/C10H22N2/c1-3-6-10-9-11-7-5-8-12(10)4-2/h10-11H,3-9H2,1-2H3. The van der Waals surface area contributed by atoms with Gasteiger partial charge in [-0.3, -0.25) is 4.90 Å². The first-order chi connectivity index (χ1) is 5.88. The summed E-state index contributed by atoms with van der Waals surface area (Å²) < 4.78 is 0. The molecule has 1 atom stereocenters. The highest BCUT2D eigenvalue weighted by molar-refractivity contribution is 4.76. The molecule has 0 spiro atoms. The number of nitrogens with zero attached hydrogens (tertiary/aromatic N) is 1. The molecule has 2 nitrogen and oxygen atoms in total. The van der Waals surface area contributed by atoms with Crippen LogP contribution in [0.4, 0.5) is 0 Å². The maximum absolute atomic E-state index is 3.50. The predicted octanol–water partition coefficient (Wildman–Crippen LogP) is 1.47. The van der Waals surface area contributed by atoms with E-state index in [1.165, 1.54) is 45.4 Å². The van der Waals surface area contributed by atoms with Crippen LogP contribution in [0.5, 0.6) is 0 Å². The van der Waals surface area contributed by atoms with Crippen molar-refractivity contribution in [1.29, 1.82) is 0 Å². The lowest BCUT2D eigenvalue weighted by Crippen LogP contribution is -2.39. The number of nitrogens with one attached hydrogen (secondary N) is 1. The highest BCUT2D eigenvalue weighted by Crippen LogP contribution is 2.09. The van der Waals surface area contributed by atoms with Crippen molar-refractivity contribution in [1.82, 2.24) is 10.2 Å². The first kappa shape index (κ1) is 10.0. The van der Waals surface area contributed by atoms with Gasteiger partial charge in [-0.15, -0.1) is 0 Å². The first-order valence-electron chi connectivity index (χ1n) is 5.33. The Hall–Kier alpha value is -0.0800. The summed E-state index contributed by atoms with van der Waals surface area (Å²) in [5.41, 5.74) is 0. The summed E-state index contributed by atoms with van der Waals surface area (Å²) in [4.78, 5) is 2.61. The van der Waals surface area contributed by atoms with Gasteiger partial charge in [-0.05, 0) is 32.5 Å². The SMILES string of the molecule is CCCC1CNCCCN1CC. The van der Waals surface area contributed by atoms with E-state index in [0.29, 0.717) is 0 Å². The molecule has 0 radical (unpaired) electrons. The van der Waals surface area contributed by atoms with Crippen molar-refractivity contribution in [2.24, 2.45) is 0 Å². The lowest BCUT2D eigenvalue weighted by molar-refractivity contribution is 0.208. The van der Waals surface area contributed by atoms with Crippen LogP contribution in [0.25, 0.3) is 0 Å². The molecular weight excluding hydrogens is 148 g/mol. The molecule has 1 heterocycles. The minimum atomic E-state index is 0.794. The molecule has 0 aromatic rings. The van der Waals surface area contributed by atoms with E-state index >= 15 is 0 Å². The smallest absolute Gasteiger partial charge is 0.0220 e. The van der Waals surface area contributed by atoms with Gasteiger partial charge in [0.05, 0.1) is 0 Å². The first-order valence-corrected chi connectivity index (χ1v) is 5.33. The molecule has 72 valence electrons. The van der Waals surface area contributed by atoms with Gasteiger partial charge in [0, 0.05) is 12.6 Å². The highest BCUT2D eigenvalue weighted by Gasteiger charge is 2.17. The summed E-state index contributed by atoms with van der Waals surface area (Å²) in [6.45, 7) is 9.45. The van der Waals surface area contributed by atoms with E-state index in [9.17, 15) is 0 Å². The Morgan fingerprint density at radius 1 is 1.42 bits per heavy atom. The zero-order valence-corrected chi connectivity index (χ0v) is 8.47. The van der Waals surface area contributed by atoms with Gasteiger partial charge in [0.25, 0.3) is 0 Å². The van der Waals surface area contributed by atoms with E-state index in [0.717, 1.165) is 6.04 Å². The summed E-state index contributed by atoms with van der Waals surface area (Å²) in [5, 5.41) is 3.50. The van der Waals surface area contributed by atoms with Crippen molar-refractivity contribution in [2.75, 3.05) is 26.2 Å². The van der Waals surface area contributed by atoms with Crippen molar-refractivity contribution in [3.63, 3.8) is 0 Å². The van der Waals surface area contributed by atoms with Gasteiger partial charge in [-0.1, -0.05) is 20.3 Å². The molecule has 0 bridgehead atoms.